The second-order valence-corrected chi connectivity index (χ2v) is 2.19. The highest BCUT2D eigenvalue weighted by molar-refractivity contribution is 5.27. The van der Waals surface area contributed by atoms with Crippen LogP contribution in [-0.2, 0) is 4.79 Å². The SMILES string of the molecule is C=O.NCC1=CC=C(F)C=CC1. The maximum Gasteiger partial charge on any atom is 0.122 e. The van der Waals surface area contributed by atoms with Crippen molar-refractivity contribution in [3.05, 3.63) is 35.7 Å². The molecule has 1 aliphatic rings. The predicted octanol–water partition coefficient (Wildman–Crippen LogP) is 1.50. The summed E-state index contributed by atoms with van der Waals surface area (Å²) in [5.74, 6) is -0.205. The van der Waals surface area contributed by atoms with Crippen LogP contribution in [0.15, 0.2) is 35.7 Å². The third-order valence-electron chi connectivity index (χ3n) is 1.40. The lowest BCUT2D eigenvalue weighted by Crippen LogP contribution is -2.01. The highest BCUT2D eigenvalue weighted by Gasteiger charge is 1.94. The van der Waals surface area contributed by atoms with Crippen molar-refractivity contribution in [3.63, 3.8) is 0 Å². The average molecular weight is 169 g/mol. The van der Waals surface area contributed by atoms with Gasteiger partial charge in [-0.3, -0.25) is 0 Å². The molecule has 3 heteroatoms. The van der Waals surface area contributed by atoms with E-state index in [1.54, 1.807) is 12.2 Å². The molecule has 0 radical (unpaired) electrons. The Morgan fingerprint density at radius 1 is 1.50 bits per heavy atom. The predicted molar refractivity (Wildman–Crippen MR) is 47.2 cm³/mol. The van der Waals surface area contributed by atoms with Crippen LogP contribution in [0.2, 0.25) is 0 Å². The summed E-state index contributed by atoms with van der Waals surface area (Å²) < 4.78 is 12.4. The molecule has 0 aromatic carbocycles. The Morgan fingerprint density at radius 3 is 2.75 bits per heavy atom. The normalized spacial score (nSPS) is 15.2. The quantitative estimate of drug-likeness (QED) is 0.646. The zero-order valence-corrected chi connectivity index (χ0v) is 6.79. The molecule has 0 heterocycles. The van der Waals surface area contributed by atoms with Crippen LogP contribution in [0.4, 0.5) is 4.39 Å². The number of nitrogens with two attached hydrogens (primary N) is 1. The summed E-state index contributed by atoms with van der Waals surface area (Å²) in [4.78, 5) is 8.00. The number of carbonyl (C=O) groups excluding carboxylic acids is 1. The summed E-state index contributed by atoms with van der Waals surface area (Å²) in [7, 11) is 0. The van der Waals surface area contributed by atoms with Gasteiger partial charge in [-0.25, -0.2) is 4.39 Å². The Morgan fingerprint density at radius 2 is 2.17 bits per heavy atom. The first-order chi connectivity index (χ1) is 5.83. The van der Waals surface area contributed by atoms with Crippen molar-refractivity contribution >= 4 is 6.79 Å². The highest BCUT2D eigenvalue weighted by Crippen LogP contribution is 2.10. The molecule has 0 aliphatic heterocycles. The lowest BCUT2D eigenvalue weighted by molar-refractivity contribution is -0.0979. The second-order valence-electron chi connectivity index (χ2n) is 2.19. The minimum absolute atomic E-state index is 0.205. The minimum atomic E-state index is -0.205. The summed E-state index contributed by atoms with van der Waals surface area (Å²) >= 11 is 0. The van der Waals surface area contributed by atoms with Crippen LogP contribution in [0.5, 0.6) is 0 Å². The molecule has 0 saturated carbocycles. The number of hydrogen-bond acceptors (Lipinski definition) is 2. The maximum atomic E-state index is 12.4. The molecule has 0 bridgehead atoms. The third-order valence-corrected chi connectivity index (χ3v) is 1.40. The van der Waals surface area contributed by atoms with Gasteiger partial charge in [0.15, 0.2) is 0 Å². The van der Waals surface area contributed by atoms with Crippen LogP contribution < -0.4 is 5.73 Å². The second kappa shape index (κ2) is 6.49. The van der Waals surface area contributed by atoms with E-state index in [1.807, 2.05) is 6.79 Å². The van der Waals surface area contributed by atoms with Gasteiger partial charge in [-0.1, -0.05) is 17.7 Å². The summed E-state index contributed by atoms with van der Waals surface area (Å²) in [5.41, 5.74) is 6.42. The Labute approximate surface area is 71.3 Å². The zero-order chi connectivity index (χ0) is 9.40. The summed E-state index contributed by atoms with van der Waals surface area (Å²) in [6.07, 6.45) is 7.16. The van der Waals surface area contributed by atoms with E-state index in [1.165, 1.54) is 12.2 Å². The summed E-state index contributed by atoms with van der Waals surface area (Å²) in [5, 5.41) is 0. The van der Waals surface area contributed by atoms with Gasteiger partial charge in [0, 0.05) is 6.54 Å². The molecule has 0 spiro atoms. The molecule has 12 heavy (non-hydrogen) atoms. The number of allylic oxidation sites excluding steroid dienone is 5. The molecule has 0 unspecified atom stereocenters. The Bertz CT molecular complexity index is 219. The van der Waals surface area contributed by atoms with Crippen LogP contribution in [-0.4, -0.2) is 13.3 Å². The van der Waals surface area contributed by atoms with Crippen LogP contribution in [0, 0.1) is 0 Å². The number of halogens is 1. The van der Waals surface area contributed by atoms with Crippen LogP contribution in [0.25, 0.3) is 0 Å². The van der Waals surface area contributed by atoms with Gasteiger partial charge in [0.1, 0.15) is 12.6 Å². The molecule has 0 saturated heterocycles. The van der Waals surface area contributed by atoms with Crippen LogP contribution in [0.3, 0.4) is 0 Å². The third kappa shape index (κ3) is 3.83. The monoisotopic (exact) mass is 169 g/mol. The first-order valence-electron chi connectivity index (χ1n) is 3.53. The van der Waals surface area contributed by atoms with Crippen LogP contribution >= 0.6 is 0 Å². The van der Waals surface area contributed by atoms with Crippen molar-refractivity contribution < 1.29 is 9.18 Å². The van der Waals surface area contributed by atoms with Crippen molar-refractivity contribution in [1.29, 1.82) is 0 Å². The minimum Gasteiger partial charge on any atom is -0.327 e. The van der Waals surface area contributed by atoms with Crippen molar-refractivity contribution in [3.8, 4) is 0 Å². The van der Waals surface area contributed by atoms with Gasteiger partial charge in [-0.2, -0.15) is 0 Å². The van der Waals surface area contributed by atoms with Gasteiger partial charge in [0.2, 0.25) is 0 Å². The van der Waals surface area contributed by atoms with E-state index >= 15 is 0 Å². The van der Waals surface area contributed by atoms with E-state index in [0.717, 1.165) is 12.0 Å². The van der Waals surface area contributed by atoms with Crippen molar-refractivity contribution in [1.82, 2.24) is 0 Å². The first kappa shape index (κ1) is 10.8. The van der Waals surface area contributed by atoms with Gasteiger partial charge >= 0.3 is 0 Å². The van der Waals surface area contributed by atoms with Crippen molar-refractivity contribution in [2.45, 2.75) is 6.42 Å². The molecule has 1 aliphatic carbocycles. The van der Waals surface area contributed by atoms with Crippen molar-refractivity contribution in [2.75, 3.05) is 6.54 Å². The lowest BCUT2D eigenvalue weighted by atomic mass is 10.2. The van der Waals surface area contributed by atoms with Gasteiger partial charge in [-0.15, -0.1) is 0 Å². The molecule has 0 fully saturated rings. The molecular formula is C9H12FNO. The summed E-state index contributed by atoms with van der Waals surface area (Å²) in [6, 6.07) is 0. The molecule has 2 nitrogen and oxygen atoms in total. The Balaban J connectivity index is 0.000000561. The standard InChI is InChI=1S/C8H10FN.CH2O/c9-8-3-1-2-7(6-10)4-5-8;1-2/h1,3-5H,2,6,10H2;1H2. The van der Waals surface area contributed by atoms with Gasteiger partial charge < -0.3 is 10.5 Å². The fourth-order valence-corrected chi connectivity index (χ4v) is 0.795. The highest BCUT2D eigenvalue weighted by atomic mass is 19.1. The molecule has 0 aromatic rings. The van der Waals surface area contributed by atoms with E-state index < -0.39 is 0 Å². The number of hydrogen-bond donors (Lipinski definition) is 1. The van der Waals surface area contributed by atoms with Crippen LogP contribution in [0.1, 0.15) is 6.42 Å². The van der Waals surface area contributed by atoms with Gasteiger partial charge in [0.05, 0.1) is 0 Å². The van der Waals surface area contributed by atoms with E-state index in [0.29, 0.717) is 6.54 Å². The Kier molecular flexibility index (Phi) is 5.83. The molecule has 1 rings (SSSR count). The largest absolute Gasteiger partial charge is 0.327 e. The zero-order valence-electron chi connectivity index (χ0n) is 6.79. The molecule has 0 aromatic heterocycles. The average Bonchev–Trinajstić information content (AvgIpc) is 2.33. The van der Waals surface area contributed by atoms with Gasteiger partial charge in [-0.05, 0) is 18.6 Å². The molecule has 0 amide bonds. The molecule has 2 N–H and O–H groups in total. The van der Waals surface area contributed by atoms with E-state index in [4.69, 9.17) is 10.5 Å². The molecule has 66 valence electrons. The summed E-state index contributed by atoms with van der Waals surface area (Å²) in [6.45, 7) is 2.51. The molecule has 0 atom stereocenters. The van der Waals surface area contributed by atoms with E-state index in [2.05, 4.69) is 0 Å². The lowest BCUT2D eigenvalue weighted by Gasteiger charge is -1.94. The number of carbonyl (C=O) groups is 1. The fraction of sp³-hybridized carbons (Fsp3) is 0.222. The number of rotatable bonds is 1. The smallest absolute Gasteiger partial charge is 0.122 e. The van der Waals surface area contributed by atoms with Gasteiger partial charge in [0.25, 0.3) is 0 Å². The topological polar surface area (TPSA) is 43.1 Å². The first-order valence-corrected chi connectivity index (χ1v) is 3.53. The van der Waals surface area contributed by atoms with Crippen molar-refractivity contribution in [2.24, 2.45) is 5.73 Å². The van der Waals surface area contributed by atoms with E-state index in [9.17, 15) is 4.39 Å². The fourth-order valence-electron chi connectivity index (χ4n) is 0.795. The molecular weight excluding hydrogens is 157 g/mol. The Hall–Kier alpha value is -1.22. The maximum absolute atomic E-state index is 12.4. The van der Waals surface area contributed by atoms with E-state index in [-0.39, 0.29) is 5.83 Å².